The molecule has 3 aromatic heterocycles. The highest BCUT2D eigenvalue weighted by atomic mass is 16.4. The minimum atomic E-state index is 0.588. The van der Waals surface area contributed by atoms with Gasteiger partial charge in [-0.2, -0.15) is 0 Å². The van der Waals surface area contributed by atoms with Crippen molar-refractivity contribution < 1.29 is 8.83 Å². The zero-order valence-corrected chi connectivity index (χ0v) is 46.7. The van der Waals surface area contributed by atoms with Crippen molar-refractivity contribution in [3.63, 3.8) is 0 Å². The third kappa shape index (κ3) is 9.66. The van der Waals surface area contributed by atoms with E-state index in [2.05, 4.69) is 232 Å². The predicted octanol–water partition coefficient (Wildman–Crippen LogP) is 20.4. The standard InChI is InChI=1S/C75H56N6O2/c1-47-24-41-62(49(3)42-47)63-45-67-68(46-64(63)71-50(4)43-48(2)44-51(71)5)77-73(53-27-35-59(36-28-53)81(57-18-10-7-11-19-57)61-39-31-55(32-40-61)75-79-66-21-13-15-23-70(66)83-75)72(76-67)52-25-33-58(34-26-52)80(56-16-8-6-9-17-56)60-37-29-54(30-38-60)74-78-65-20-12-14-22-69(65)82-74/h6-46H,1-5H3. The lowest BCUT2D eigenvalue weighted by molar-refractivity contribution is 0.619. The zero-order chi connectivity index (χ0) is 56.1. The van der Waals surface area contributed by atoms with E-state index in [-0.39, 0.29) is 0 Å². The summed E-state index contributed by atoms with van der Waals surface area (Å²) in [5.74, 6) is 1.18. The quantitative estimate of drug-likeness (QED) is 0.120. The molecule has 0 unspecified atom stereocenters. The third-order valence-corrected chi connectivity index (χ3v) is 15.6. The fourth-order valence-electron chi connectivity index (χ4n) is 11.7. The van der Waals surface area contributed by atoms with Crippen molar-refractivity contribution in [3.8, 4) is 67.7 Å². The average Bonchev–Trinajstić information content (AvgIpc) is 4.23. The second-order valence-corrected chi connectivity index (χ2v) is 21.4. The largest absolute Gasteiger partial charge is 0.436 e. The molecule has 0 spiro atoms. The monoisotopic (exact) mass is 1070 g/mol. The van der Waals surface area contributed by atoms with Gasteiger partial charge in [0.15, 0.2) is 11.2 Å². The molecule has 0 aliphatic carbocycles. The molecule has 0 aliphatic heterocycles. The Morgan fingerprint density at radius 3 is 1.07 bits per heavy atom. The van der Waals surface area contributed by atoms with Gasteiger partial charge in [-0.1, -0.05) is 126 Å². The van der Waals surface area contributed by atoms with Crippen LogP contribution in [0.1, 0.15) is 27.8 Å². The fourth-order valence-corrected chi connectivity index (χ4v) is 11.7. The summed E-state index contributed by atoms with van der Waals surface area (Å²) < 4.78 is 12.3. The number of rotatable bonds is 12. The van der Waals surface area contributed by atoms with Crippen LogP contribution in [-0.4, -0.2) is 19.9 Å². The molecule has 0 N–H and O–H groups in total. The van der Waals surface area contributed by atoms with Crippen molar-refractivity contribution in [1.29, 1.82) is 0 Å². The van der Waals surface area contributed by atoms with E-state index in [0.717, 1.165) is 112 Å². The van der Waals surface area contributed by atoms with E-state index >= 15 is 0 Å². The summed E-state index contributed by atoms with van der Waals surface area (Å²) in [6, 6.07) is 86.6. The van der Waals surface area contributed by atoms with Gasteiger partial charge in [-0.3, -0.25) is 0 Å². The Kier molecular flexibility index (Phi) is 12.8. The van der Waals surface area contributed by atoms with Crippen LogP contribution in [-0.2, 0) is 0 Å². The van der Waals surface area contributed by atoms with E-state index in [1.807, 2.05) is 60.7 Å². The molecule has 398 valence electrons. The van der Waals surface area contributed by atoms with Crippen LogP contribution >= 0.6 is 0 Å². The van der Waals surface area contributed by atoms with Crippen LogP contribution in [0.2, 0.25) is 0 Å². The Morgan fingerprint density at radius 2 is 0.651 bits per heavy atom. The van der Waals surface area contributed by atoms with E-state index in [1.165, 1.54) is 38.9 Å². The number of fused-ring (bicyclic) bond motifs is 3. The number of hydrogen-bond donors (Lipinski definition) is 0. The van der Waals surface area contributed by atoms with Gasteiger partial charge in [0.05, 0.1) is 22.4 Å². The van der Waals surface area contributed by atoms with Crippen LogP contribution in [0.15, 0.2) is 258 Å². The summed E-state index contributed by atoms with van der Waals surface area (Å²) in [6.07, 6.45) is 0. The number of anilines is 6. The minimum absolute atomic E-state index is 0.588. The normalized spacial score (nSPS) is 11.4. The van der Waals surface area contributed by atoms with Crippen LogP contribution in [0.4, 0.5) is 34.1 Å². The molecule has 0 aliphatic rings. The van der Waals surface area contributed by atoms with Crippen LogP contribution in [0, 0.1) is 34.6 Å². The molecule has 8 nitrogen and oxygen atoms in total. The Balaban J connectivity index is 0.899. The van der Waals surface area contributed by atoms with Crippen LogP contribution < -0.4 is 9.80 Å². The molecule has 3 heterocycles. The second kappa shape index (κ2) is 21.1. The number of benzene rings is 11. The topological polar surface area (TPSA) is 84.3 Å². The number of hydrogen-bond acceptors (Lipinski definition) is 8. The number of nitrogens with zero attached hydrogens (tertiary/aromatic N) is 6. The van der Waals surface area contributed by atoms with Crippen molar-refractivity contribution in [2.24, 2.45) is 0 Å². The smallest absolute Gasteiger partial charge is 0.227 e. The van der Waals surface area contributed by atoms with Crippen LogP contribution in [0.25, 0.3) is 101 Å². The summed E-state index contributed by atoms with van der Waals surface area (Å²) >= 11 is 0. The van der Waals surface area contributed by atoms with Gasteiger partial charge in [-0.25, -0.2) is 19.9 Å². The molecule has 11 aromatic carbocycles. The van der Waals surface area contributed by atoms with Crippen LogP contribution in [0.3, 0.4) is 0 Å². The zero-order valence-electron chi connectivity index (χ0n) is 46.7. The summed E-state index contributed by atoms with van der Waals surface area (Å²) in [6.45, 7) is 11.0. The molecular weight excluding hydrogens is 1020 g/mol. The molecule has 0 saturated carbocycles. The molecule has 83 heavy (non-hydrogen) atoms. The molecular formula is C75H56N6O2. The van der Waals surface area contributed by atoms with E-state index in [1.54, 1.807) is 0 Å². The molecule has 0 radical (unpaired) electrons. The maximum atomic E-state index is 6.16. The molecule has 0 saturated heterocycles. The van der Waals surface area contributed by atoms with Gasteiger partial charge in [-0.15, -0.1) is 0 Å². The lowest BCUT2D eigenvalue weighted by Gasteiger charge is -2.26. The van der Waals surface area contributed by atoms with Crippen molar-refractivity contribution >= 4 is 67.4 Å². The van der Waals surface area contributed by atoms with Gasteiger partial charge in [0.2, 0.25) is 11.8 Å². The van der Waals surface area contributed by atoms with Crippen molar-refractivity contribution in [2.75, 3.05) is 9.80 Å². The Morgan fingerprint density at radius 1 is 0.277 bits per heavy atom. The Labute approximate surface area is 482 Å². The van der Waals surface area contributed by atoms with E-state index in [9.17, 15) is 0 Å². The summed E-state index contributed by atoms with van der Waals surface area (Å²) in [7, 11) is 0. The van der Waals surface area contributed by atoms with Gasteiger partial charge in [0.1, 0.15) is 11.0 Å². The lowest BCUT2D eigenvalue weighted by Crippen LogP contribution is -2.10. The molecule has 0 atom stereocenters. The van der Waals surface area contributed by atoms with Crippen molar-refractivity contribution in [3.05, 3.63) is 277 Å². The highest BCUT2D eigenvalue weighted by molar-refractivity contribution is 5.98. The molecule has 0 bridgehead atoms. The molecule has 0 amide bonds. The third-order valence-electron chi connectivity index (χ3n) is 15.6. The summed E-state index contributed by atoms with van der Waals surface area (Å²) in [4.78, 5) is 25.4. The molecule has 14 aromatic rings. The molecule has 14 rings (SSSR count). The second-order valence-electron chi connectivity index (χ2n) is 21.4. The summed E-state index contributed by atoms with van der Waals surface area (Å²) in [5.41, 5.74) is 26.8. The maximum absolute atomic E-state index is 6.16. The van der Waals surface area contributed by atoms with Gasteiger partial charge in [0, 0.05) is 56.4 Å². The first-order chi connectivity index (χ1) is 40.6. The van der Waals surface area contributed by atoms with Gasteiger partial charge < -0.3 is 18.6 Å². The summed E-state index contributed by atoms with van der Waals surface area (Å²) in [5, 5.41) is 0. The van der Waals surface area contributed by atoms with E-state index in [0.29, 0.717) is 11.8 Å². The number of para-hydroxylation sites is 6. The average molecular weight is 1070 g/mol. The lowest BCUT2D eigenvalue weighted by atomic mass is 9.86. The SMILES string of the molecule is Cc1ccc(-c2cc3nc(-c4ccc(N(c5ccccc5)c5ccc(-c6nc7ccccc7o6)cc5)cc4)c(-c4ccc(N(c5ccccc5)c5ccc(-c6nc7ccccc7o6)cc5)cc4)nc3cc2-c2c(C)cc(C)cc2C)c(C)c1. The van der Waals surface area contributed by atoms with Crippen molar-refractivity contribution in [2.45, 2.75) is 34.6 Å². The van der Waals surface area contributed by atoms with E-state index < -0.39 is 0 Å². The van der Waals surface area contributed by atoms with Gasteiger partial charge in [-0.05, 0) is 207 Å². The first-order valence-corrected chi connectivity index (χ1v) is 28.0. The van der Waals surface area contributed by atoms with E-state index in [4.69, 9.17) is 28.8 Å². The van der Waals surface area contributed by atoms with Gasteiger partial charge >= 0.3 is 0 Å². The highest BCUT2D eigenvalue weighted by Gasteiger charge is 2.23. The Bertz CT molecular complexity index is 4620. The maximum Gasteiger partial charge on any atom is 0.227 e. The molecule has 8 heteroatoms. The number of aryl methyl sites for hydroxylation is 5. The first-order valence-electron chi connectivity index (χ1n) is 28.0. The predicted molar refractivity (Wildman–Crippen MR) is 340 cm³/mol. The Hall–Kier alpha value is -10.7. The molecule has 0 fully saturated rings. The van der Waals surface area contributed by atoms with Crippen molar-refractivity contribution in [1.82, 2.24) is 19.9 Å². The first kappa shape index (κ1) is 50.5. The highest BCUT2D eigenvalue weighted by Crippen LogP contribution is 2.44. The fraction of sp³-hybridized carbons (Fsp3) is 0.0667. The number of aromatic nitrogens is 4. The van der Waals surface area contributed by atoms with Crippen LogP contribution in [0.5, 0.6) is 0 Å². The van der Waals surface area contributed by atoms with Gasteiger partial charge in [0.25, 0.3) is 0 Å². The number of oxazole rings is 2. The minimum Gasteiger partial charge on any atom is -0.436 e.